The van der Waals surface area contributed by atoms with Gasteiger partial charge >= 0.3 is 0 Å². The first-order valence-electron chi connectivity index (χ1n) is 3.48. The fourth-order valence-electron chi connectivity index (χ4n) is 0.818. The largest absolute Gasteiger partial charge is 0.467 e. The molecule has 0 fully saturated rings. The number of hydrogen-bond donors (Lipinski definition) is 0. The van der Waals surface area contributed by atoms with Crippen molar-refractivity contribution >= 4 is 5.91 Å². The van der Waals surface area contributed by atoms with Crippen molar-refractivity contribution in [3.8, 4) is 12.3 Å². The first-order chi connectivity index (χ1) is 5.74. The molecule has 0 aromatic carbocycles. The Hall–Kier alpha value is -1.69. The number of hydrogen-bond acceptors (Lipinski definition) is 2. The van der Waals surface area contributed by atoms with E-state index in [0.29, 0.717) is 6.54 Å². The second kappa shape index (κ2) is 3.63. The Kier molecular flexibility index (Phi) is 2.54. The van der Waals surface area contributed by atoms with E-state index in [2.05, 4.69) is 0 Å². The molecule has 0 atom stereocenters. The van der Waals surface area contributed by atoms with Gasteiger partial charge in [-0.3, -0.25) is 4.79 Å². The van der Waals surface area contributed by atoms with E-state index in [0.717, 1.165) is 5.76 Å². The van der Waals surface area contributed by atoms with Crippen molar-refractivity contribution in [3.05, 3.63) is 24.2 Å². The average molecular weight is 163 g/mol. The van der Waals surface area contributed by atoms with Gasteiger partial charge in [-0.15, -0.1) is 6.42 Å². The predicted octanol–water partition coefficient (Wildman–Crippen LogP) is 0.871. The smallest absolute Gasteiger partial charge is 0.298 e. The second-order valence-corrected chi connectivity index (χ2v) is 2.38. The molecule has 0 aliphatic heterocycles. The van der Waals surface area contributed by atoms with Gasteiger partial charge in [0.25, 0.3) is 5.91 Å². The SMILES string of the molecule is C#CC(=O)N(C)Cc1ccco1. The molecule has 0 unspecified atom stereocenters. The number of nitrogens with zero attached hydrogens (tertiary/aromatic N) is 1. The Bertz CT molecular complexity index is 295. The first kappa shape index (κ1) is 8.41. The monoisotopic (exact) mass is 163 g/mol. The van der Waals surface area contributed by atoms with Crippen LogP contribution in [0.3, 0.4) is 0 Å². The summed E-state index contributed by atoms with van der Waals surface area (Å²) in [5.74, 6) is 2.40. The third kappa shape index (κ3) is 1.89. The van der Waals surface area contributed by atoms with Crippen LogP contribution in [0.2, 0.25) is 0 Å². The molecule has 1 rings (SSSR count). The fourth-order valence-corrected chi connectivity index (χ4v) is 0.818. The predicted molar refractivity (Wildman–Crippen MR) is 44.0 cm³/mol. The highest BCUT2D eigenvalue weighted by Crippen LogP contribution is 2.03. The van der Waals surface area contributed by atoms with Gasteiger partial charge in [0.2, 0.25) is 0 Å². The topological polar surface area (TPSA) is 33.5 Å². The molecule has 0 saturated heterocycles. The van der Waals surface area contributed by atoms with Gasteiger partial charge in [0.15, 0.2) is 0 Å². The lowest BCUT2D eigenvalue weighted by atomic mass is 10.4. The van der Waals surface area contributed by atoms with Crippen LogP contribution in [0.1, 0.15) is 5.76 Å². The molecule has 3 nitrogen and oxygen atoms in total. The maximum Gasteiger partial charge on any atom is 0.298 e. The molecule has 3 heteroatoms. The van der Waals surface area contributed by atoms with E-state index < -0.39 is 0 Å². The zero-order valence-electron chi connectivity index (χ0n) is 6.78. The molecule has 62 valence electrons. The lowest BCUT2D eigenvalue weighted by Gasteiger charge is -2.10. The van der Waals surface area contributed by atoms with Crippen molar-refractivity contribution in [1.82, 2.24) is 4.90 Å². The van der Waals surface area contributed by atoms with E-state index in [1.54, 1.807) is 25.4 Å². The highest BCUT2D eigenvalue weighted by Gasteiger charge is 2.06. The number of amides is 1. The standard InChI is InChI=1S/C9H9NO2/c1-3-9(11)10(2)7-8-5-4-6-12-8/h1,4-6H,7H2,2H3. The quantitative estimate of drug-likeness (QED) is 0.606. The Morgan fingerprint density at radius 3 is 3.08 bits per heavy atom. The van der Waals surface area contributed by atoms with Crippen LogP contribution in [-0.4, -0.2) is 17.9 Å². The number of carbonyl (C=O) groups excluding carboxylic acids is 1. The molecule has 1 heterocycles. The molecule has 0 spiro atoms. The summed E-state index contributed by atoms with van der Waals surface area (Å²) in [6.45, 7) is 0.413. The van der Waals surface area contributed by atoms with E-state index in [1.165, 1.54) is 4.90 Å². The van der Waals surface area contributed by atoms with Crippen LogP contribution >= 0.6 is 0 Å². The summed E-state index contributed by atoms with van der Waals surface area (Å²) in [6.07, 6.45) is 6.49. The fraction of sp³-hybridized carbons (Fsp3) is 0.222. The lowest BCUT2D eigenvalue weighted by molar-refractivity contribution is -0.124. The maximum absolute atomic E-state index is 10.9. The summed E-state index contributed by atoms with van der Waals surface area (Å²) in [5.41, 5.74) is 0. The van der Waals surface area contributed by atoms with E-state index in [9.17, 15) is 4.79 Å². The van der Waals surface area contributed by atoms with Gasteiger partial charge in [0, 0.05) is 7.05 Å². The molecular formula is C9H9NO2. The minimum absolute atomic E-state index is 0.341. The molecule has 12 heavy (non-hydrogen) atoms. The van der Waals surface area contributed by atoms with Crippen molar-refractivity contribution in [2.24, 2.45) is 0 Å². The summed E-state index contributed by atoms with van der Waals surface area (Å²) in [6, 6.07) is 3.56. The van der Waals surface area contributed by atoms with Crippen LogP contribution in [0, 0.1) is 12.3 Å². The molecule has 1 amide bonds. The van der Waals surface area contributed by atoms with E-state index in [4.69, 9.17) is 10.8 Å². The van der Waals surface area contributed by atoms with E-state index in [-0.39, 0.29) is 5.91 Å². The van der Waals surface area contributed by atoms with Gasteiger partial charge in [-0.2, -0.15) is 0 Å². The summed E-state index contributed by atoms with van der Waals surface area (Å²) >= 11 is 0. The van der Waals surface area contributed by atoms with Crippen molar-refractivity contribution in [2.45, 2.75) is 6.54 Å². The average Bonchev–Trinajstić information content (AvgIpc) is 2.55. The second-order valence-electron chi connectivity index (χ2n) is 2.38. The zero-order chi connectivity index (χ0) is 8.97. The molecule has 0 N–H and O–H groups in total. The maximum atomic E-state index is 10.9. The van der Waals surface area contributed by atoms with Gasteiger partial charge in [-0.05, 0) is 18.1 Å². The molecule has 0 aliphatic carbocycles. The Morgan fingerprint density at radius 1 is 1.83 bits per heavy atom. The highest BCUT2D eigenvalue weighted by atomic mass is 16.3. The number of rotatable bonds is 2. The molecule has 1 aromatic rings. The molecule has 0 saturated carbocycles. The van der Waals surface area contributed by atoms with Gasteiger partial charge in [-0.25, -0.2) is 0 Å². The number of terminal acetylenes is 1. The van der Waals surface area contributed by atoms with Crippen LogP contribution in [0.4, 0.5) is 0 Å². The van der Waals surface area contributed by atoms with Gasteiger partial charge in [0.1, 0.15) is 5.76 Å². The van der Waals surface area contributed by atoms with Crippen molar-refractivity contribution in [2.75, 3.05) is 7.05 Å². The van der Waals surface area contributed by atoms with Gasteiger partial charge in [-0.1, -0.05) is 0 Å². The van der Waals surface area contributed by atoms with Crippen LogP contribution in [0.25, 0.3) is 0 Å². The first-order valence-corrected chi connectivity index (χ1v) is 3.48. The molecule has 0 radical (unpaired) electrons. The minimum Gasteiger partial charge on any atom is -0.467 e. The lowest BCUT2D eigenvalue weighted by Crippen LogP contribution is -2.24. The summed E-state index contributed by atoms with van der Waals surface area (Å²) in [7, 11) is 1.63. The van der Waals surface area contributed by atoms with Crippen LogP contribution in [0.5, 0.6) is 0 Å². The van der Waals surface area contributed by atoms with Crippen LogP contribution in [-0.2, 0) is 11.3 Å². The van der Waals surface area contributed by atoms with Crippen LogP contribution < -0.4 is 0 Å². The summed E-state index contributed by atoms with van der Waals surface area (Å²) in [4.78, 5) is 12.3. The zero-order valence-corrected chi connectivity index (χ0v) is 6.78. The summed E-state index contributed by atoms with van der Waals surface area (Å²) in [5, 5.41) is 0. The van der Waals surface area contributed by atoms with Crippen molar-refractivity contribution in [1.29, 1.82) is 0 Å². The summed E-state index contributed by atoms with van der Waals surface area (Å²) < 4.78 is 5.04. The molecule has 0 bridgehead atoms. The molecule has 1 aromatic heterocycles. The third-order valence-corrected chi connectivity index (χ3v) is 1.44. The number of furan rings is 1. The Balaban J connectivity index is 2.54. The highest BCUT2D eigenvalue weighted by molar-refractivity contribution is 5.92. The Labute approximate surface area is 71.0 Å². The van der Waals surface area contributed by atoms with Gasteiger partial charge in [0.05, 0.1) is 12.8 Å². The molecular weight excluding hydrogens is 154 g/mol. The van der Waals surface area contributed by atoms with E-state index >= 15 is 0 Å². The van der Waals surface area contributed by atoms with E-state index in [1.807, 2.05) is 5.92 Å². The Morgan fingerprint density at radius 2 is 2.58 bits per heavy atom. The third-order valence-electron chi connectivity index (χ3n) is 1.44. The van der Waals surface area contributed by atoms with Crippen LogP contribution in [0.15, 0.2) is 22.8 Å². The van der Waals surface area contributed by atoms with Crippen molar-refractivity contribution < 1.29 is 9.21 Å². The van der Waals surface area contributed by atoms with Crippen molar-refractivity contribution in [3.63, 3.8) is 0 Å². The normalized spacial score (nSPS) is 9.00. The van der Waals surface area contributed by atoms with Gasteiger partial charge < -0.3 is 9.32 Å². The molecule has 0 aliphatic rings. The minimum atomic E-state index is -0.341. The number of carbonyl (C=O) groups is 1.